The van der Waals surface area contributed by atoms with Crippen LogP contribution in [0.25, 0.3) is 11.3 Å². The topological polar surface area (TPSA) is 128 Å². The van der Waals surface area contributed by atoms with Crippen molar-refractivity contribution in [3.05, 3.63) is 64.1 Å². The normalized spacial score (nSPS) is 14.5. The van der Waals surface area contributed by atoms with E-state index in [1.165, 1.54) is 31.5 Å². The zero-order chi connectivity index (χ0) is 24.9. The van der Waals surface area contributed by atoms with Gasteiger partial charge in [-0.1, -0.05) is 11.6 Å². The minimum Gasteiger partial charge on any atom is -0.463 e. The Balaban J connectivity index is 1.67. The number of halogens is 4. The number of aryl methyl sites for hydroxylation is 1. The molecule has 3 aromatic rings. The highest BCUT2D eigenvalue weighted by Gasteiger charge is 2.38. The van der Waals surface area contributed by atoms with E-state index in [2.05, 4.69) is 25.5 Å². The van der Waals surface area contributed by atoms with Crippen LogP contribution in [0.3, 0.4) is 0 Å². The quantitative estimate of drug-likeness (QED) is 0.486. The highest BCUT2D eigenvalue weighted by molar-refractivity contribution is 6.37. The largest absolute Gasteiger partial charge is 0.463 e. The van der Waals surface area contributed by atoms with E-state index in [1.54, 1.807) is 17.2 Å². The molecule has 5 N–H and O–H groups in total. The van der Waals surface area contributed by atoms with Crippen molar-refractivity contribution in [2.24, 2.45) is 4.99 Å². The van der Waals surface area contributed by atoms with E-state index in [4.69, 9.17) is 27.8 Å². The van der Waals surface area contributed by atoms with E-state index in [-0.39, 0.29) is 45.9 Å². The molecule has 13 heteroatoms. The van der Waals surface area contributed by atoms with Gasteiger partial charge in [-0.25, -0.2) is 9.98 Å². The van der Waals surface area contributed by atoms with Crippen molar-refractivity contribution >= 4 is 34.8 Å². The number of alkyl halides is 3. The van der Waals surface area contributed by atoms with Crippen LogP contribution in [-0.2, 0) is 12.7 Å². The van der Waals surface area contributed by atoms with Crippen molar-refractivity contribution in [3.63, 3.8) is 0 Å². The molecular formula is C22H18ClF3N8O. The summed E-state index contributed by atoms with van der Waals surface area (Å²) < 4.78 is 47.7. The van der Waals surface area contributed by atoms with Gasteiger partial charge in [0.05, 0.1) is 40.3 Å². The minimum atomic E-state index is -4.68. The lowest BCUT2D eigenvalue weighted by atomic mass is 9.97. The predicted octanol–water partition coefficient (Wildman–Crippen LogP) is 4.18. The summed E-state index contributed by atoms with van der Waals surface area (Å²) in [5, 5.41) is 10.7. The number of ether oxygens (including phenoxy) is 1. The van der Waals surface area contributed by atoms with Crippen LogP contribution in [0.2, 0.25) is 5.02 Å². The Hall–Kier alpha value is -4.06. The molecule has 0 spiro atoms. The van der Waals surface area contributed by atoms with Gasteiger partial charge in [0.25, 0.3) is 0 Å². The van der Waals surface area contributed by atoms with Gasteiger partial charge in [0.2, 0.25) is 0 Å². The van der Waals surface area contributed by atoms with E-state index in [1.807, 2.05) is 0 Å². The molecular weight excluding hydrogens is 485 g/mol. The summed E-state index contributed by atoms with van der Waals surface area (Å²) in [4.78, 5) is 10.3. The molecule has 35 heavy (non-hydrogen) atoms. The number of benzene rings is 1. The number of aliphatic imine (C=N–C) groups is 1. The molecule has 2 aliphatic heterocycles. The summed E-state index contributed by atoms with van der Waals surface area (Å²) in [5.74, 6) is 0.952. The molecule has 0 atom stereocenters. The molecule has 180 valence electrons. The number of nitrogen functional groups attached to an aromatic ring is 2. The Morgan fingerprint density at radius 1 is 1.26 bits per heavy atom. The van der Waals surface area contributed by atoms with Gasteiger partial charge >= 0.3 is 6.18 Å². The highest BCUT2D eigenvalue weighted by atomic mass is 35.5. The number of anilines is 3. The fraction of sp³-hybridized carbons (Fsp3) is 0.182. The lowest BCUT2D eigenvalue weighted by Crippen LogP contribution is -2.30. The standard InChI is InChI=1S/C22H18ClF3N8O/c1-10-6-14(27)32-18(16(10)22(24,25)26)12-7-13-15-19(17(12)23)29-9-30-21(15)34(4-5-35-13)8-11-2-3-31-33-20(11)28/h2-7,29H,8-9H2,1H3,(H2,27,32)(H2,28,33). The molecule has 4 heterocycles. The highest BCUT2D eigenvalue weighted by Crippen LogP contribution is 2.47. The first-order valence-corrected chi connectivity index (χ1v) is 10.7. The van der Waals surface area contributed by atoms with E-state index in [0.29, 0.717) is 29.2 Å². The van der Waals surface area contributed by atoms with E-state index >= 15 is 0 Å². The van der Waals surface area contributed by atoms with E-state index < -0.39 is 11.7 Å². The van der Waals surface area contributed by atoms with Crippen molar-refractivity contribution in [1.82, 2.24) is 20.1 Å². The number of nitrogens with one attached hydrogen (secondary N) is 1. The van der Waals surface area contributed by atoms with Crippen molar-refractivity contribution < 1.29 is 17.9 Å². The Bertz CT molecular complexity index is 1410. The Labute approximate surface area is 202 Å². The average molecular weight is 503 g/mol. The zero-order valence-corrected chi connectivity index (χ0v) is 18.9. The molecule has 0 radical (unpaired) electrons. The van der Waals surface area contributed by atoms with E-state index in [0.717, 1.165) is 0 Å². The number of rotatable bonds is 3. The van der Waals surface area contributed by atoms with Crippen LogP contribution in [-0.4, -0.2) is 32.6 Å². The smallest absolute Gasteiger partial charge is 0.418 e. The minimum absolute atomic E-state index is 0.0290. The van der Waals surface area contributed by atoms with E-state index in [9.17, 15) is 13.2 Å². The van der Waals surface area contributed by atoms with Gasteiger partial charge in [-0.2, -0.15) is 18.3 Å². The van der Waals surface area contributed by atoms with Crippen molar-refractivity contribution in [3.8, 4) is 17.0 Å². The first-order valence-electron chi connectivity index (χ1n) is 10.3. The van der Waals surface area contributed by atoms with Gasteiger partial charge in [0.15, 0.2) is 5.82 Å². The van der Waals surface area contributed by atoms with Crippen LogP contribution < -0.4 is 21.5 Å². The first kappa shape index (κ1) is 22.7. The molecule has 0 aliphatic carbocycles. The SMILES string of the molecule is Cc1cc(N)nc(-c2cc3c4c(c2Cl)NCN=C4N(Cc2ccnnc2N)C=CO3)c1C(F)(F)F. The zero-order valence-electron chi connectivity index (χ0n) is 18.2. The van der Waals surface area contributed by atoms with Crippen LogP contribution >= 0.6 is 11.6 Å². The number of hydrogen-bond donors (Lipinski definition) is 3. The summed E-state index contributed by atoms with van der Waals surface area (Å²) in [7, 11) is 0. The molecule has 9 nitrogen and oxygen atoms in total. The Kier molecular flexibility index (Phi) is 5.39. The second-order valence-electron chi connectivity index (χ2n) is 7.86. The third-order valence-electron chi connectivity index (χ3n) is 5.60. The second kappa shape index (κ2) is 8.31. The summed E-state index contributed by atoms with van der Waals surface area (Å²) in [6.45, 7) is 1.76. The van der Waals surface area contributed by atoms with Crippen molar-refractivity contribution in [1.29, 1.82) is 0 Å². The number of pyridine rings is 1. The molecule has 0 fully saturated rings. The molecule has 2 aliphatic rings. The van der Waals surface area contributed by atoms with Crippen LogP contribution in [0.15, 0.2) is 41.9 Å². The fourth-order valence-corrected chi connectivity index (χ4v) is 4.41. The number of aromatic nitrogens is 3. The third kappa shape index (κ3) is 3.95. The maximum atomic E-state index is 14.0. The molecule has 1 aromatic carbocycles. The van der Waals surface area contributed by atoms with Gasteiger partial charge in [0.1, 0.15) is 30.3 Å². The Morgan fingerprint density at radius 3 is 2.80 bits per heavy atom. The van der Waals surface area contributed by atoms with Gasteiger partial charge in [-0.15, -0.1) is 5.10 Å². The molecule has 0 saturated carbocycles. The van der Waals surface area contributed by atoms with Crippen LogP contribution in [0.1, 0.15) is 22.3 Å². The van der Waals surface area contributed by atoms with Gasteiger partial charge in [-0.3, -0.25) is 0 Å². The van der Waals surface area contributed by atoms with Gasteiger partial charge < -0.3 is 26.4 Å². The molecule has 5 rings (SSSR count). The third-order valence-corrected chi connectivity index (χ3v) is 5.99. The molecule has 0 unspecified atom stereocenters. The number of hydrogen-bond acceptors (Lipinski definition) is 9. The van der Waals surface area contributed by atoms with Gasteiger partial charge in [-0.05, 0) is 30.7 Å². The number of amidine groups is 1. The van der Waals surface area contributed by atoms with Crippen molar-refractivity contribution in [2.75, 3.05) is 23.5 Å². The summed E-state index contributed by atoms with van der Waals surface area (Å²) >= 11 is 6.69. The first-order chi connectivity index (χ1) is 16.6. The summed E-state index contributed by atoms with van der Waals surface area (Å²) in [6, 6.07) is 4.32. The molecule has 0 saturated heterocycles. The average Bonchev–Trinajstić information content (AvgIpc) is 2.96. The van der Waals surface area contributed by atoms with Crippen molar-refractivity contribution in [2.45, 2.75) is 19.6 Å². The lowest BCUT2D eigenvalue weighted by molar-refractivity contribution is -0.137. The molecule has 2 aromatic heterocycles. The maximum absolute atomic E-state index is 14.0. The summed E-state index contributed by atoms with van der Waals surface area (Å²) in [5.41, 5.74) is 12.0. The molecule has 0 amide bonds. The number of nitrogens with two attached hydrogens (primary N) is 2. The molecule has 0 bridgehead atoms. The van der Waals surface area contributed by atoms with Crippen LogP contribution in [0.4, 0.5) is 30.5 Å². The lowest BCUT2D eigenvalue weighted by Gasteiger charge is -2.28. The fourth-order valence-electron chi connectivity index (χ4n) is 4.11. The summed E-state index contributed by atoms with van der Waals surface area (Å²) in [6.07, 6.45) is -0.105. The van der Waals surface area contributed by atoms with Gasteiger partial charge in [0, 0.05) is 17.3 Å². The Morgan fingerprint density at radius 2 is 2.06 bits per heavy atom. The monoisotopic (exact) mass is 502 g/mol. The maximum Gasteiger partial charge on any atom is 0.418 e. The van der Waals surface area contributed by atoms with Crippen LogP contribution in [0, 0.1) is 6.92 Å². The van der Waals surface area contributed by atoms with Crippen LogP contribution in [0.5, 0.6) is 5.75 Å². The predicted molar refractivity (Wildman–Crippen MR) is 126 cm³/mol. The second-order valence-corrected chi connectivity index (χ2v) is 8.24. The number of nitrogens with zero attached hydrogens (tertiary/aromatic N) is 5.